The Morgan fingerprint density at radius 1 is 1.26 bits per heavy atom. The third-order valence-electron chi connectivity index (χ3n) is 3.19. The first-order valence-electron chi connectivity index (χ1n) is 6.02. The number of fused-ring (bicyclic) bond motifs is 1. The van der Waals surface area contributed by atoms with Crippen LogP contribution in [0.1, 0.15) is 24.5 Å². The normalized spacial score (nSPS) is 20.6. The second-order valence-corrected chi connectivity index (χ2v) is 4.73. The highest BCUT2D eigenvalue weighted by Gasteiger charge is 2.39. The first-order valence-corrected chi connectivity index (χ1v) is 6.02. The van der Waals surface area contributed by atoms with Crippen molar-refractivity contribution in [2.24, 2.45) is 10.7 Å². The summed E-state index contributed by atoms with van der Waals surface area (Å²) in [7, 11) is 0. The smallest absolute Gasteiger partial charge is 0.370 e. The zero-order valence-corrected chi connectivity index (χ0v) is 10.1. The quantitative estimate of drug-likeness (QED) is 0.601. The molecule has 0 saturated heterocycles. The van der Waals surface area contributed by atoms with Crippen molar-refractivity contribution in [3.8, 4) is 0 Å². The van der Waals surface area contributed by atoms with E-state index in [-0.39, 0.29) is 25.0 Å². The highest BCUT2D eigenvalue weighted by molar-refractivity contribution is 5.78. The molecule has 2 aliphatic rings. The topological polar surface area (TPSA) is 72.3 Å². The molecule has 1 fully saturated rings. The predicted molar refractivity (Wildman–Crippen MR) is 60.1 cm³/mol. The summed E-state index contributed by atoms with van der Waals surface area (Å²) in [5.74, 6) is -0.294. The fourth-order valence-electron chi connectivity index (χ4n) is 2.04. The Morgan fingerprint density at radius 2 is 2.00 bits per heavy atom. The van der Waals surface area contributed by atoms with Gasteiger partial charge < -0.3 is 15.2 Å². The van der Waals surface area contributed by atoms with Gasteiger partial charge in [0, 0.05) is 13.1 Å². The van der Waals surface area contributed by atoms with Gasteiger partial charge in [-0.15, -0.1) is 10.2 Å². The van der Waals surface area contributed by atoms with Crippen LogP contribution >= 0.6 is 0 Å². The molecule has 0 spiro atoms. The standard InChI is InChI=1S/C10H13F3N6/c11-10(12,13)8-17-16-7-5-18(3-4-19(7)8)9(14)15-6-1-2-6/h6H,1-5H2,(H2,14,15). The van der Waals surface area contributed by atoms with Gasteiger partial charge in [-0.2, -0.15) is 13.2 Å². The lowest BCUT2D eigenvalue weighted by atomic mass is 10.3. The van der Waals surface area contributed by atoms with Crippen LogP contribution in [0.15, 0.2) is 4.99 Å². The highest BCUT2D eigenvalue weighted by Crippen LogP contribution is 2.29. The number of hydrogen-bond donors (Lipinski definition) is 1. The van der Waals surface area contributed by atoms with Gasteiger partial charge in [0.15, 0.2) is 11.8 Å². The molecule has 9 heteroatoms. The number of alkyl halides is 3. The molecule has 6 nitrogen and oxygen atoms in total. The SMILES string of the molecule is NC(=NC1CC1)N1CCn2c(nnc2C(F)(F)F)C1. The van der Waals surface area contributed by atoms with Crippen LogP contribution in [-0.2, 0) is 19.3 Å². The van der Waals surface area contributed by atoms with Crippen molar-refractivity contribution in [1.82, 2.24) is 19.7 Å². The van der Waals surface area contributed by atoms with Crippen LogP contribution in [0.25, 0.3) is 0 Å². The molecule has 0 bridgehead atoms. The molecule has 3 rings (SSSR count). The van der Waals surface area contributed by atoms with E-state index < -0.39 is 12.0 Å². The third kappa shape index (κ3) is 2.36. The number of hydrogen-bond acceptors (Lipinski definition) is 3. The molecule has 0 aromatic carbocycles. The largest absolute Gasteiger partial charge is 0.451 e. The van der Waals surface area contributed by atoms with E-state index in [0.717, 1.165) is 17.4 Å². The molecule has 1 aromatic heterocycles. The van der Waals surface area contributed by atoms with Crippen molar-refractivity contribution in [3.63, 3.8) is 0 Å². The summed E-state index contributed by atoms with van der Waals surface area (Å²) in [5, 5.41) is 6.81. The van der Waals surface area contributed by atoms with Crippen LogP contribution in [0, 0.1) is 0 Å². The molecular weight excluding hydrogens is 261 g/mol. The fourth-order valence-corrected chi connectivity index (χ4v) is 2.04. The Labute approximate surface area is 107 Å². The van der Waals surface area contributed by atoms with Crippen molar-refractivity contribution < 1.29 is 13.2 Å². The van der Waals surface area contributed by atoms with Crippen LogP contribution in [0.5, 0.6) is 0 Å². The second kappa shape index (κ2) is 4.10. The Balaban J connectivity index is 1.79. The summed E-state index contributed by atoms with van der Waals surface area (Å²) in [6.07, 6.45) is -2.41. The number of halogens is 3. The molecule has 1 saturated carbocycles. The van der Waals surface area contributed by atoms with E-state index >= 15 is 0 Å². The maximum atomic E-state index is 12.7. The molecule has 1 aliphatic heterocycles. The molecule has 0 radical (unpaired) electrons. The van der Waals surface area contributed by atoms with Crippen molar-refractivity contribution in [1.29, 1.82) is 0 Å². The van der Waals surface area contributed by atoms with Gasteiger partial charge in [0.2, 0.25) is 5.82 Å². The molecular formula is C10H13F3N6. The van der Waals surface area contributed by atoms with Crippen molar-refractivity contribution in [2.75, 3.05) is 6.54 Å². The summed E-state index contributed by atoms with van der Waals surface area (Å²) < 4.78 is 39.1. The zero-order valence-electron chi connectivity index (χ0n) is 10.1. The summed E-state index contributed by atoms with van der Waals surface area (Å²) in [6.45, 7) is 0.763. The number of rotatable bonds is 1. The average molecular weight is 274 g/mol. The molecule has 0 atom stereocenters. The summed E-state index contributed by atoms with van der Waals surface area (Å²) >= 11 is 0. The lowest BCUT2D eigenvalue weighted by Crippen LogP contribution is -2.43. The van der Waals surface area contributed by atoms with Gasteiger partial charge >= 0.3 is 6.18 Å². The van der Waals surface area contributed by atoms with Crippen molar-refractivity contribution >= 4 is 5.96 Å². The summed E-state index contributed by atoms with van der Waals surface area (Å²) in [4.78, 5) is 6.02. The van der Waals surface area contributed by atoms with Gasteiger partial charge in [-0.25, -0.2) is 4.99 Å². The van der Waals surface area contributed by atoms with Gasteiger partial charge in [-0.05, 0) is 12.8 Å². The van der Waals surface area contributed by atoms with Crippen molar-refractivity contribution in [3.05, 3.63) is 11.6 Å². The molecule has 2 N–H and O–H groups in total. The Kier molecular flexibility index (Phi) is 2.64. The van der Waals surface area contributed by atoms with Crippen LogP contribution < -0.4 is 5.73 Å². The number of nitrogens with zero attached hydrogens (tertiary/aromatic N) is 5. The Morgan fingerprint density at radius 3 is 2.63 bits per heavy atom. The van der Waals surface area contributed by atoms with E-state index in [4.69, 9.17) is 5.73 Å². The lowest BCUT2D eigenvalue weighted by Gasteiger charge is -2.28. The van der Waals surface area contributed by atoms with E-state index in [1.807, 2.05) is 0 Å². The fraction of sp³-hybridized carbons (Fsp3) is 0.700. The number of guanidine groups is 1. The average Bonchev–Trinajstić information content (AvgIpc) is 3.04. The van der Waals surface area contributed by atoms with Crippen molar-refractivity contribution in [2.45, 2.75) is 38.1 Å². The minimum Gasteiger partial charge on any atom is -0.370 e. The van der Waals surface area contributed by atoms with Gasteiger partial charge in [0.05, 0.1) is 12.6 Å². The monoisotopic (exact) mass is 274 g/mol. The Hall–Kier alpha value is -1.80. The van der Waals surface area contributed by atoms with Gasteiger partial charge in [0.25, 0.3) is 0 Å². The first-order chi connectivity index (χ1) is 8.95. The zero-order chi connectivity index (χ0) is 13.6. The minimum atomic E-state index is -4.47. The molecule has 19 heavy (non-hydrogen) atoms. The maximum absolute atomic E-state index is 12.7. The van der Waals surface area contributed by atoms with E-state index in [1.165, 1.54) is 0 Å². The highest BCUT2D eigenvalue weighted by atomic mass is 19.4. The summed E-state index contributed by atoms with van der Waals surface area (Å²) in [5.41, 5.74) is 5.84. The van der Waals surface area contributed by atoms with Gasteiger partial charge in [-0.1, -0.05) is 0 Å². The van der Waals surface area contributed by atoms with Crippen LogP contribution in [0.3, 0.4) is 0 Å². The lowest BCUT2D eigenvalue weighted by molar-refractivity contribution is -0.147. The summed E-state index contributed by atoms with van der Waals surface area (Å²) in [6, 6.07) is 0.283. The minimum absolute atomic E-state index is 0.165. The predicted octanol–water partition coefficient (Wildman–Crippen LogP) is 0.590. The van der Waals surface area contributed by atoms with Crippen LogP contribution in [0.4, 0.5) is 13.2 Å². The van der Waals surface area contributed by atoms with Crippen LogP contribution in [0.2, 0.25) is 0 Å². The molecule has 0 amide bonds. The number of aliphatic imine (C=N–C) groups is 1. The number of aromatic nitrogens is 3. The Bertz CT molecular complexity index is 516. The molecule has 104 valence electrons. The van der Waals surface area contributed by atoms with Gasteiger partial charge in [-0.3, -0.25) is 0 Å². The van der Waals surface area contributed by atoms with E-state index in [1.54, 1.807) is 4.90 Å². The first kappa shape index (κ1) is 12.2. The third-order valence-corrected chi connectivity index (χ3v) is 3.19. The van der Waals surface area contributed by atoms with Crippen LogP contribution in [-0.4, -0.2) is 38.2 Å². The van der Waals surface area contributed by atoms with E-state index in [2.05, 4.69) is 15.2 Å². The number of nitrogens with two attached hydrogens (primary N) is 1. The molecule has 1 aromatic rings. The van der Waals surface area contributed by atoms with E-state index in [0.29, 0.717) is 12.5 Å². The second-order valence-electron chi connectivity index (χ2n) is 4.73. The van der Waals surface area contributed by atoms with Gasteiger partial charge in [0.1, 0.15) is 0 Å². The molecule has 1 aliphatic carbocycles. The molecule has 2 heterocycles. The van der Waals surface area contributed by atoms with E-state index in [9.17, 15) is 13.2 Å². The molecule has 0 unspecified atom stereocenters. The maximum Gasteiger partial charge on any atom is 0.451 e.